The number of alkyl halides is 3. The van der Waals surface area contributed by atoms with Crippen molar-refractivity contribution in [2.24, 2.45) is 11.7 Å². The number of nitrogens with two attached hydrogens (primary N) is 1. The second-order valence-electron chi connectivity index (χ2n) is 8.29. The van der Waals surface area contributed by atoms with Crippen LogP contribution in [0.5, 0.6) is 11.5 Å². The topological polar surface area (TPSA) is 74.8 Å². The first-order chi connectivity index (χ1) is 15.7. The van der Waals surface area contributed by atoms with Gasteiger partial charge in [-0.15, -0.1) is 13.2 Å². The molecule has 0 aromatic heterocycles. The first-order valence-corrected chi connectivity index (χ1v) is 11.1. The number of benzene rings is 2. The third-order valence-electron chi connectivity index (χ3n) is 5.51. The lowest BCUT2D eigenvalue weighted by Gasteiger charge is -2.38. The molecule has 1 fully saturated rings. The second kappa shape index (κ2) is 11.3. The van der Waals surface area contributed by atoms with Crippen LogP contribution in [0.3, 0.4) is 0 Å². The summed E-state index contributed by atoms with van der Waals surface area (Å²) in [6, 6.07) is 13.1. The Morgan fingerprint density at radius 2 is 1.79 bits per heavy atom. The number of guanidine groups is 1. The largest absolute Gasteiger partial charge is 0.573 e. The Bertz CT molecular complexity index is 888. The molecule has 6 nitrogen and oxygen atoms in total. The van der Waals surface area contributed by atoms with E-state index < -0.39 is 6.36 Å². The average Bonchev–Trinajstić information content (AvgIpc) is 2.78. The van der Waals surface area contributed by atoms with Gasteiger partial charge in [-0.25, -0.2) is 0 Å². The number of hydrogen-bond acceptors (Lipinski definition) is 4. The van der Waals surface area contributed by atoms with Crippen LogP contribution in [-0.4, -0.2) is 43.4 Å². The number of nitrogens with one attached hydrogen (secondary N) is 1. The summed E-state index contributed by atoms with van der Waals surface area (Å²) in [4.78, 5) is 4.11. The molecule has 1 atom stereocenters. The molecule has 1 saturated heterocycles. The highest BCUT2D eigenvalue weighted by atomic mass is 19.4. The number of piperidine rings is 1. The van der Waals surface area contributed by atoms with E-state index in [1.165, 1.54) is 30.7 Å². The normalized spacial score (nSPS) is 16.4. The zero-order valence-corrected chi connectivity index (χ0v) is 18.8. The molecule has 1 unspecified atom stereocenters. The number of likely N-dealkylation sites (tertiary alicyclic amines) is 1. The second-order valence-corrected chi connectivity index (χ2v) is 8.29. The first kappa shape index (κ1) is 24.7. The molecule has 3 N–H and O–H groups in total. The van der Waals surface area contributed by atoms with Crippen LogP contribution in [0.4, 0.5) is 18.9 Å². The molecule has 9 heteroatoms. The van der Waals surface area contributed by atoms with Gasteiger partial charge in [-0.2, -0.15) is 0 Å². The van der Waals surface area contributed by atoms with E-state index in [9.17, 15) is 13.2 Å². The van der Waals surface area contributed by atoms with Crippen molar-refractivity contribution in [2.45, 2.75) is 39.2 Å². The molecule has 2 aromatic rings. The highest BCUT2D eigenvalue weighted by Crippen LogP contribution is 2.25. The van der Waals surface area contributed by atoms with E-state index in [-0.39, 0.29) is 12.4 Å². The lowest BCUT2D eigenvalue weighted by atomic mass is 10.0. The minimum atomic E-state index is -4.71. The van der Waals surface area contributed by atoms with Gasteiger partial charge in [0.15, 0.2) is 5.96 Å². The zero-order valence-electron chi connectivity index (χ0n) is 18.8. The van der Waals surface area contributed by atoms with Gasteiger partial charge < -0.3 is 25.0 Å². The Morgan fingerprint density at radius 1 is 1.12 bits per heavy atom. The van der Waals surface area contributed by atoms with Crippen LogP contribution in [0, 0.1) is 11.3 Å². The van der Waals surface area contributed by atoms with Crippen LogP contribution in [-0.2, 0) is 6.61 Å². The highest BCUT2D eigenvalue weighted by Gasteiger charge is 2.31. The molecule has 0 saturated carbocycles. The SMILES string of the molecule is CC1CCCN(C(=N)N(CCCN)c2ccc(OCc3ccc(OC(F)(F)F)cc3)cc2)C1. The zero-order chi connectivity index (χ0) is 23.8. The van der Waals surface area contributed by atoms with E-state index in [2.05, 4.69) is 16.6 Å². The van der Waals surface area contributed by atoms with Gasteiger partial charge >= 0.3 is 6.36 Å². The van der Waals surface area contributed by atoms with Crippen LogP contribution in [0.2, 0.25) is 0 Å². The Balaban J connectivity index is 1.61. The highest BCUT2D eigenvalue weighted by molar-refractivity contribution is 5.94. The number of hydrogen-bond donors (Lipinski definition) is 2. The Hall–Kier alpha value is -2.94. The van der Waals surface area contributed by atoms with Gasteiger partial charge in [0.2, 0.25) is 0 Å². The van der Waals surface area contributed by atoms with Gasteiger partial charge in [-0.1, -0.05) is 19.1 Å². The Kier molecular flexibility index (Phi) is 8.43. The van der Waals surface area contributed by atoms with E-state index in [4.69, 9.17) is 15.9 Å². The number of ether oxygens (including phenoxy) is 2. The molecule has 1 aliphatic rings. The summed E-state index contributed by atoms with van der Waals surface area (Å²) >= 11 is 0. The molecule has 2 aromatic carbocycles. The molecule has 3 rings (SSSR count). The fourth-order valence-electron chi connectivity index (χ4n) is 3.84. The van der Waals surface area contributed by atoms with Crippen molar-refractivity contribution in [2.75, 3.05) is 31.1 Å². The average molecular weight is 465 g/mol. The molecule has 0 spiro atoms. The fraction of sp³-hybridized carbons (Fsp3) is 0.458. The Morgan fingerprint density at radius 3 is 2.39 bits per heavy atom. The van der Waals surface area contributed by atoms with Crippen LogP contribution >= 0.6 is 0 Å². The molecular weight excluding hydrogens is 433 g/mol. The predicted molar refractivity (Wildman–Crippen MR) is 123 cm³/mol. The first-order valence-electron chi connectivity index (χ1n) is 11.1. The van der Waals surface area contributed by atoms with Crippen LogP contribution < -0.4 is 20.1 Å². The lowest BCUT2D eigenvalue weighted by Crippen LogP contribution is -2.48. The predicted octanol–water partition coefficient (Wildman–Crippen LogP) is 4.99. The third-order valence-corrected chi connectivity index (χ3v) is 5.51. The maximum atomic E-state index is 12.3. The summed E-state index contributed by atoms with van der Waals surface area (Å²) in [6.45, 7) is 5.40. The number of rotatable bonds is 8. The summed E-state index contributed by atoms with van der Waals surface area (Å²) in [5.74, 6) is 1.43. The van der Waals surface area contributed by atoms with E-state index >= 15 is 0 Å². The number of anilines is 1. The lowest BCUT2D eigenvalue weighted by molar-refractivity contribution is -0.274. The van der Waals surface area contributed by atoms with Gasteiger partial charge in [0, 0.05) is 25.3 Å². The van der Waals surface area contributed by atoms with Crippen molar-refractivity contribution in [3.8, 4) is 11.5 Å². The van der Waals surface area contributed by atoms with Crippen molar-refractivity contribution < 1.29 is 22.6 Å². The van der Waals surface area contributed by atoms with E-state index in [0.29, 0.717) is 30.7 Å². The molecule has 0 amide bonds. The van der Waals surface area contributed by atoms with E-state index in [1.807, 2.05) is 29.2 Å². The summed E-state index contributed by atoms with van der Waals surface area (Å²) in [5, 5.41) is 8.76. The maximum Gasteiger partial charge on any atom is 0.573 e. The summed E-state index contributed by atoms with van der Waals surface area (Å²) in [5.41, 5.74) is 7.34. The Labute approximate surface area is 192 Å². The molecule has 180 valence electrons. The molecule has 1 aliphatic heterocycles. The standard InChI is InChI=1S/C24H31F3N4O2/c1-18-4-2-14-30(16-18)23(29)31(15-3-13-28)20-7-11-21(12-8-20)32-17-19-5-9-22(10-6-19)33-24(25,26)27/h5-12,18,29H,2-4,13-17,28H2,1H3. The molecule has 0 aliphatic carbocycles. The maximum absolute atomic E-state index is 12.3. The van der Waals surface area contributed by atoms with Crippen molar-refractivity contribution in [3.63, 3.8) is 0 Å². The molecule has 0 bridgehead atoms. The van der Waals surface area contributed by atoms with Crippen LogP contribution in [0.15, 0.2) is 48.5 Å². The van der Waals surface area contributed by atoms with Gasteiger partial charge in [-0.05, 0) is 73.7 Å². The quantitative estimate of drug-likeness (QED) is 0.426. The monoisotopic (exact) mass is 464 g/mol. The molecule has 1 heterocycles. The van der Waals surface area contributed by atoms with Gasteiger partial charge in [0.25, 0.3) is 0 Å². The number of halogens is 3. The fourth-order valence-corrected chi connectivity index (χ4v) is 3.84. The van der Waals surface area contributed by atoms with Gasteiger partial charge in [-0.3, -0.25) is 5.41 Å². The van der Waals surface area contributed by atoms with E-state index in [0.717, 1.165) is 37.2 Å². The van der Waals surface area contributed by atoms with E-state index in [1.54, 1.807) is 0 Å². The van der Waals surface area contributed by atoms with Crippen molar-refractivity contribution in [1.82, 2.24) is 4.90 Å². The molecular formula is C24H31F3N4O2. The van der Waals surface area contributed by atoms with Crippen molar-refractivity contribution >= 4 is 11.6 Å². The third kappa shape index (κ3) is 7.56. The van der Waals surface area contributed by atoms with Crippen LogP contribution in [0.1, 0.15) is 31.7 Å². The summed E-state index contributed by atoms with van der Waals surface area (Å²) in [7, 11) is 0. The summed E-state index contributed by atoms with van der Waals surface area (Å²) < 4.78 is 46.5. The van der Waals surface area contributed by atoms with Gasteiger partial charge in [0.1, 0.15) is 18.1 Å². The van der Waals surface area contributed by atoms with Gasteiger partial charge in [0.05, 0.1) is 0 Å². The number of nitrogens with zero attached hydrogens (tertiary/aromatic N) is 2. The molecule has 33 heavy (non-hydrogen) atoms. The molecule has 0 radical (unpaired) electrons. The van der Waals surface area contributed by atoms with Crippen molar-refractivity contribution in [1.29, 1.82) is 5.41 Å². The minimum Gasteiger partial charge on any atom is -0.489 e. The smallest absolute Gasteiger partial charge is 0.489 e. The minimum absolute atomic E-state index is 0.212. The van der Waals surface area contributed by atoms with Crippen LogP contribution in [0.25, 0.3) is 0 Å². The summed E-state index contributed by atoms with van der Waals surface area (Å²) in [6.07, 6.45) is -1.65. The van der Waals surface area contributed by atoms with Crippen molar-refractivity contribution in [3.05, 3.63) is 54.1 Å².